The molecule has 1 saturated heterocycles. The van der Waals surface area contributed by atoms with Crippen LogP contribution in [0.5, 0.6) is 0 Å². The number of aryl methyl sites for hydroxylation is 2. The SMILES string of the molecule is Cc1n[nH]c(C)c1CCNC(=O)CC1CCN(C(=O)c2[nH]nc(-c3ccccc3)c2C)CC1. The number of carbonyl (C=O) groups is 2. The summed E-state index contributed by atoms with van der Waals surface area (Å²) in [7, 11) is 0. The summed E-state index contributed by atoms with van der Waals surface area (Å²) in [5.74, 6) is 0.362. The Morgan fingerprint density at radius 1 is 1.06 bits per heavy atom. The molecule has 0 aliphatic carbocycles. The summed E-state index contributed by atoms with van der Waals surface area (Å²) in [5.41, 5.74) is 6.45. The Morgan fingerprint density at radius 2 is 1.79 bits per heavy atom. The predicted octanol–water partition coefficient (Wildman–Crippen LogP) is 3.33. The van der Waals surface area contributed by atoms with Gasteiger partial charge in [0.2, 0.25) is 5.91 Å². The molecule has 4 rings (SSSR count). The molecule has 1 aromatic carbocycles. The van der Waals surface area contributed by atoms with Gasteiger partial charge in [-0.15, -0.1) is 0 Å². The molecule has 3 heterocycles. The Kier molecular flexibility index (Phi) is 6.91. The molecule has 0 atom stereocenters. The molecule has 3 N–H and O–H groups in total. The predicted molar refractivity (Wildman–Crippen MR) is 127 cm³/mol. The van der Waals surface area contributed by atoms with Gasteiger partial charge in [0.05, 0.1) is 11.4 Å². The lowest BCUT2D eigenvalue weighted by atomic mass is 9.93. The first-order chi connectivity index (χ1) is 15.9. The smallest absolute Gasteiger partial charge is 0.272 e. The summed E-state index contributed by atoms with van der Waals surface area (Å²) in [6.45, 7) is 7.83. The van der Waals surface area contributed by atoms with E-state index in [4.69, 9.17) is 0 Å². The number of H-pyrrole nitrogens is 2. The first-order valence-electron chi connectivity index (χ1n) is 11.6. The standard InChI is InChI=1S/C25H32N6O2/c1-16-23(20-7-5-4-6-8-20)29-30-24(16)25(33)31-13-10-19(11-14-31)15-22(32)26-12-9-21-17(2)27-28-18(21)3/h4-8,19H,9-15H2,1-3H3,(H,26,32)(H,27,28)(H,29,30). The van der Waals surface area contributed by atoms with Crippen LogP contribution >= 0.6 is 0 Å². The molecule has 0 radical (unpaired) electrons. The molecule has 2 amide bonds. The fourth-order valence-corrected chi connectivity index (χ4v) is 4.59. The van der Waals surface area contributed by atoms with Crippen LogP contribution in [0, 0.1) is 26.7 Å². The number of aromatic amines is 2. The van der Waals surface area contributed by atoms with Crippen molar-refractivity contribution >= 4 is 11.8 Å². The first-order valence-corrected chi connectivity index (χ1v) is 11.6. The average Bonchev–Trinajstić information content (AvgIpc) is 3.36. The second-order valence-electron chi connectivity index (χ2n) is 8.89. The molecule has 3 aromatic rings. The number of likely N-dealkylation sites (tertiary alicyclic amines) is 1. The van der Waals surface area contributed by atoms with Crippen molar-refractivity contribution in [2.24, 2.45) is 5.92 Å². The maximum absolute atomic E-state index is 13.1. The van der Waals surface area contributed by atoms with E-state index in [1.54, 1.807) is 0 Å². The molecule has 174 valence electrons. The van der Waals surface area contributed by atoms with Crippen molar-refractivity contribution in [3.63, 3.8) is 0 Å². The van der Waals surface area contributed by atoms with Crippen LogP contribution in [0.1, 0.15) is 52.3 Å². The number of carbonyl (C=O) groups excluding carboxylic acids is 2. The van der Waals surface area contributed by atoms with Crippen molar-refractivity contribution in [1.29, 1.82) is 0 Å². The highest BCUT2D eigenvalue weighted by Crippen LogP contribution is 2.26. The van der Waals surface area contributed by atoms with E-state index in [2.05, 4.69) is 25.7 Å². The molecule has 1 aliphatic heterocycles. The molecule has 0 saturated carbocycles. The molecule has 1 aliphatic rings. The minimum absolute atomic E-state index is 0.0177. The zero-order chi connectivity index (χ0) is 23.4. The van der Waals surface area contributed by atoms with Gasteiger partial charge < -0.3 is 10.2 Å². The Labute approximate surface area is 194 Å². The number of hydrogen-bond acceptors (Lipinski definition) is 4. The van der Waals surface area contributed by atoms with E-state index in [1.807, 2.05) is 56.0 Å². The second kappa shape index (κ2) is 10.0. The van der Waals surface area contributed by atoms with Crippen molar-refractivity contribution in [3.8, 4) is 11.3 Å². The topological polar surface area (TPSA) is 107 Å². The third-order valence-corrected chi connectivity index (χ3v) is 6.62. The fourth-order valence-electron chi connectivity index (χ4n) is 4.59. The van der Waals surface area contributed by atoms with E-state index in [1.165, 1.54) is 5.56 Å². The first kappa shape index (κ1) is 22.8. The van der Waals surface area contributed by atoms with E-state index in [9.17, 15) is 9.59 Å². The van der Waals surface area contributed by atoms with Gasteiger partial charge in [-0.1, -0.05) is 30.3 Å². The van der Waals surface area contributed by atoms with Gasteiger partial charge in [0.25, 0.3) is 5.91 Å². The summed E-state index contributed by atoms with van der Waals surface area (Å²) >= 11 is 0. The van der Waals surface area contributed by atoms with E-state index >= 15 is 0 Å². The molecule has 0 unspecified atom stereocenters. The van der Waals surface area contributed by atoms with Gasteiger partial charge in [-0.3, -0.25) is 19.8 Å². The summed E-state index contributed by atoms with van der Waals surface area (Å²) in [4.78, 5) is 27.3. The number of nitrogens with zero attached hydrogens (tertiary/aromatic N) is 3. The van der Waals surface area contributed by atoms with Gasteiger partial charge >= 0.3 is 0 Å². The average molecular weight is 449 g/mol. The summed E-state index contributed by atoms with van der Waals surface area (Å²) in [6, 6.07) is 9.87. The third kappa shape index (κ3) is 5.16. The Balaban J connectivity index is 1.25. The zero-order valence-electron chi connectivity index (χ0n) is 19.6. The normalized spacial score (nSPS) is 14.5. The van der Waals surface area contributed by atoms with Gasteiger partial charge in [-0.2, -0.15) is 10.2 Å². The van der Waals surface area contributed by atoms with Crippen LogP contribution in [-0.4, -0.2) is 56.7 Å². The van der Waals surface area contributed by atoms with E-state index in [0.29, 0.717) is 37.7 Å². The zero-order valence-corrected chi connectivity index (χ0v) is 19.6. The number of piperidine rings is 1. The van der Waals surface area contributed by atoms with Crippen LogP contribution in [0.4, 0.5) is 0 Å². The minimum atomic E-state index is -0.0177. The molecular weight excluding hydrogens is 416 g/mol. The highest BCUT2D eigenvalue weighted by Gasteiger charge is 2.27. The summed E-state index contributed by atoms with van der Waals surface area (Å²) in [5, 5.41) is 17.5. The van der Waals surface area contributed by atoms with Gasteiger partial charge in [0.1, 0.15) is 5.69 Å². The van der Waals surface area contributed by atoms with Crippen LogP contribution in [0.25, 0.3) is 11.3 Å². The molecule has 2 aromatic heterocycles. The van der Waals surface area contributed by atoms with Crippen LogP contribution in [0.3, 0.4) is 0 Å². The van der Waals surface area contributed by atoms with Crippen LogP contribution in [-0.2, 0) is 11.2 Å². The molecule has 8 nitrogen and oxygen atoms in total. The maximum Gasteiger partial charge on any atom is 0.272 e. The highest BCUT2D eigenvalue weighted by molar-refractivity contribution is 5.95. The van der Waals surface area contributed by atoms with E-state index < -0.39 is 0 Å². The molecule has 0 bridgehead atoms. The third-order valence-electron chi connectivity index (χ3n) is 6.62. The van der Waals surface area contributed by atoms with Gasteiger partial charge in [0.15, 0.2) is 0 Å². The quantitative estimate of drug-likeness (QED) is 0.515. The lowest BCUT2D eigenvalue weighted by molar-refractivity contribution is -0.122. The molecule has 33 heavy (non-hydrogen) atoms. The number of rotatable bonds is 7. The lowest BCUT2D eigenvalue weighted by Crippen LogP contribution is -2.40. The summed E-state index contributed by atoms with van der Waals surface area (Å²) < 4.78 is 0. The van der Waals surface area contributed by atoms with E-state index in [0.717, 1.165) is 47.5 Å². The van der Waals surface area contributed by atoms with Crippen LogP contribution in [0.15, 0.2) is 30.3 Å². The minimum Gasteiger partial charge on any atom is -0.356 e. The van der Waals surface area contributed by atoms with Crippen molar-refractivity contribution in [2.45, 2.75) is 46.5 Å². The monoisotopic (exact) mass is 448 g/mol. The second-order valence-corrected chi connectivity index (χ2v) is 8.89. The Hall–Kier alpha value is -3.42. The number of aromatic nitrogens is 4. The molecule has 0 spiro atoms. The number of hydrogen-bond donors (Lipinski definition) is 3. The largest absolute Gasteiger partial charge is 0.356 e. The lowest BCUT2D eigenvalue weighted by Gasteiger charge is -2.31. The Morgan fingerprint density at radius 3 is 2.45 bits per heavy atom. The number of benzene rings is 1. The maximum atomic E-state index is 13.1. The number of nitrogens with one attached hydrogen (secondary N) is 3. The van der Waals surface area contributed by atoms with Crippen LogP contribution in [0.2, 0.25) is 0 Å². The molecule has 1 fully saturated rings. The molecular formula is C25H32N6O2. The van der Waals surface area contributed by atoms with Crippen molar-refractivity contribution in [1.82, 2.24) is 30.6 Å². The van der Waals surface area contributed by atoms with Gasteiger partial charge in [0, 0.05) is 42.9 Å². The van der Waals surface area contributed by atoms with Crippen LogP contribution < -0.4 is 5.32 Å². The molecule has 8 heteroatoms. The number of amides is 2. The van der Waals surface area contributed by atoms with Gasteiger partial charge in [-0.05, 0) is 51.5 Å². The summed E-state index contributed by atoms with van der Waals surface area (Å²) in [6.07, 6.45) is 2.95. The van der Waals surface area contributed by atoms with Gasteiger partial charge in [-0.25, -0.2) is 0 Å². The Bertz CT molecular complexity index is 1090. The highest BCUT2D eigenvalue weighted by atomic mass is 16.2. The van der Waals surface area contributed by atoms with E-state index in [-0.39, 0.29) is 11.8 Å². The van der Waals surface area contributed by atoms with Crippen molar-refractivity contribution < 1.29 is 9.59 Å². The fraction of sp³-hybridized carbons (Fsp3) is 0.440. The van der Waals surface area contributed by atoms with Crippen molar-refractivity contribution in [3.05, 3.63) is 58.5 Å². The van der Waals surface area contributed by atoms with Crippen molar-refractivity contribution in [2.75, 3.05) is 19.6 Å².